The first-order valence-electron chi connectivity index (χ1n) is 6.04. The van der Waals surface area contributed by atoms with Gasteiger partial charge in [-0.3, -0.25) is 0 Å². The van der Waals surface area contributed by atoms with Crippen molar-refractivity contribution in [3.05, 3.63) is 64.2 Å². The molecule has 2 aromatic rings. The zero-order valence-electron chi connectivity index (χ0n) is 10.9. The van der Waals surface area contributed by atoms with Crippen molar-refractivity contribution < 1.29 is 13.5 Å². The standard InChI is InChI=1S/C15H14ClF2NO/c1-20-15-5-2-9(6-13(15)18)7-14(19)11-8-10(16)3-4-12(11)17/h2-6,8,14H,7,19H2,1H3. The van der Waals surface area contributed by atoms with E-state index < -0.39 is 17.7 Å². The van der Waals surface area contributed by atoms with Gasteiger partial charge in [-0.15, -0.1) is 0 Å². The summed E-state index contributed by atoms with van der Waals surface area (Å²) in [7, 11) is 1.39. The van der Waals surface area contributed by atoms with Crippen molar-refractivity contribution in [1.82, 2.24) is 0 Å². The van der Waals surface area contributed by atoms with E-state index >= 15 is 0 Å². The number of benzene rings is 2. The van der Waals surface area contributed by atoms with Gasteiger partial charge in [-0.05, 0) is 42.3 Å². The third-order valence-electron chi connectivity index (χ3n) is 3.03. The van der Waals surface area contributed by atoms with Crippen LogP contribution in [0.25, 0.3) is 0 Å². The van der Waals surface area contributed by atoms with Gasteiger partial charge in [0.2, 0.25) is 0 Å². The molecule has 1 unspecified atom stereocenters. The molecular formula is C15H14ClF2NO. The van der Waals surface area contributed by atoms with Crippen molar-refractivity contribution in [2.24, 2.45) is 5.73 Å². The van der Waals surface area contributed by atoms with Crippen LogP contribution in [0, 0.1) is 11.6 Å². The molecular weight excluding hydrogens is 284 g/mol. The number of rotatable bonds is 4. The lowest BCUT2D eigenvalue weighted by Crippen LogP contribution is -2.15. The predicted octanol–water partition coefficient (Wildman–Crippen LogP) is 3.87. The molecule has 0 bridgehead atoms. The molecule has 0 saturated heterocycles. The number of nitrogens with two attached hydrogens (primary N) is 1. The highest BCUT2D eigenvalue weighted by atomic mass is 35.5. The van der Waals surface area contributed by atoms with Crippen molar-refractivity contribution >= 4 is 11.6 Å². The van der Waals surface area contributed by atoms with Crippen molar-refractivity contribution in [1.29, 1.82) is 0 Å². The van der Waals surface area contributed by atoms with Crippen LogP contribution in [0.2, 0.25) is 5.02 Å². The van der Waals surface area contributed by atoms with E-state index in [0.29, 0.717) is 22.6 Å². The second kappa shape index (κ2) is 6.20. The molecule has 0 aliphatic heterocycles. The highest BCUT2D eigenvalue weighted by molar-refractivity contribution is 6.30. The minimum absolute atomic E-state index is 0.163. The number of halogens is 3. The maximum Gasteiger partial charge on any atom is 0.165 e. The Bertz CT molecular complexity index is 619. The van der Waals surface area contributed by atoms with E-state index in [-0.39, 0.29) is 5.75 Å². The maximum atomic E-state index is 13.7. The maximum absolute atomic E-state index is 13.7. The molecule has 2 aromatic carbocycles. The Morgan fingerprint density at radius 1 is 1.15 bits per heavy atom. The number of hydrogen-bond donors (Lipinski definition) is 1. The SMILES string of the molecule is COc1ccc(CC(N)c2cc(Cl)ccc2F)cc1F. The lowest BCUT2D eigenvalue weighted by molar-refractivity contribution is 0.386. The van der Waals surface area contributed by atoms with E-state index in [9.17, 15) is 8.78 Å². The van der Waals surface area contributed by atoms with Crippen LogP contribution in [0.5, 0.6) is 5.75 Å². The zero-order chi connectivity index (χ0) is 14.7. The largest absolute Gasteiger partial charge is 0.494 e. The normalized spacial score (nSPS) is 12.2. The Balaban J connectivity index is 2.21. The molecule has 0 aromatic heterocycles. The molecule has 0 aliphatic rings. The van der Waals surface area contributed by atoms with Crippen molar-refractivity contribution in [2.45, 2.75) is 12.5 Å². The number of methoxy groups -OCH3 is 1. The quantitative estimate of drug-likeness (QED) is 0.930. The summed E-state index contributed by atoms with van der Waals surface area (Å²) in [5, 5.41) is 0.415. The summed E-state index contributed by atoms with van der Waals surface area (Å²) in [5.74, 6) is -0.726. The van der Waals surface area contributed by atoms with E-state index in [0.717, 1.165) is 0 Å². The lowest BCUT2D eigenvalue weighted by Gasteiger charge is -2.14. The third kappa shape index (κ3) is 3.26. The second-order valence-corrected chi connectivity index (χ2v) is 4.88. The monoisotopic (exact) mass is 297 g/mol. The fourth-order valence-corrected chi connectivity index (χ4v) is 2.18. The molecule has 1 atom stereocenters. The Labute approximate surface area is 121 Å². The first-order chi connectivity index (χ1) is 9.51. The van der Waals surface area contributed by atoms with E-state index in [1.54, 1.807) is 6.07 Å². The lowest BCUT2D eigenvalue weighted by atomic mass is 9.99. The second-order valence-electron chi connectivity index (χ2n) is 4.45. The van der Waals surface area contributed by atoms with Crippen molar-refractivity contribution in [2.75, 3.05) is 7.11 Å². The Morgan fingerprint density at radius 2 is 1.90 bits per heavy atom. The topological polar surface area (TPSA) is 35.2 Å². The average molecular weight is 298 g/mol. The van der Waals surface area contributed by atoms with E-state index in [1.807, 2.05) is 0 Å². The molecule has 0 radical (unpaired) electrons. The van der Waals surface area contributed by atoms with Crippen molar-refractivity contribution in [3.8, 4) is 5.75 Å². The molecule has 20 heavy (non-hydrogen) atoms. The van der Waals surface area contributed by atoms with Crippen LogP contribution in [0.15, 0.2) is 36.4 Å². The first kappa shape index (κ1) is 14.8. The fraction of sp³-hybridized carbons (Fsp3) is 0.200. The summed E-state index contributed by atoms with van der Waals surface area (Å²) in [5.41, 5.74) is 6.94. The molecule has 5 heteroatoms. The van der Waals surface area contributed by atoms with Crippen LogP contribution in [0.3, 0.4) is 0 Å². The number of ether oxygens (including phenoxy) is 1. The van der Waals surface area contributed by atoms with Gasteiger partial charge < -0.3 is 10.5 Å². The van der Waals surface area contributed by atoms with Crippen molar-refractivity contribution in [3.63, 3.8) is 0 Å². The zero-order valence-corrected chi connectivity index (χ0v) is 11.6. The van der Waals surface area contributed by atoms with Crippen LogP contribution in [0.4, 0.5) is 8.78 Å². The summed E-state index contributed by atoms with van der Waals surface area (Å²) in [4.78, 5) is 0. The third-order valence-corrected chi connectivity index (χ3v) is 3.26. The molecule has 106 valence electrons. The molecule has 2 rings (SSSR count). The minimum atomic E-state index is -0.596. The van der Waals surface area contributed by atoms with Gasteiger partial charge in [0.1, 0.15) is 5.82 Å². The molecule has 2 N–H and O–H groups in total. The molecule has 0 spiro atoms. The molecule has 2 nitrogen and oxygen atoms in total. The van der Waals surface area contributed by atoms with E-state index in [4.69, 9.17) is 22.1 Å². The summed E-state index contributed by atoms with van der Waals surface area (Å²) < 4.78 is 32.1. The van der Waals surface area contributed by atoms with Gasteiger partial charge in [0.25, 0.3) is 0 Å². The van der Waals surface area contributed by atoms with E-state index in [2.05, 4.69) is 0 Å². The van der Waals surface area contributed by atoms with Gasteiger partial charge >= 0.3 is 0 Å². The van der Waals surface area contributed by atoms with Crippen LogP contribution in [-0.2, 0) is 6.42 Å². The Kier molecular flexibility index (Phi) is 4.57. The molecule has 0 aliphatic carbocycles. The van der Waals surface area contributed by atoms with Gasteiger partial charge in [-0.1, -0.05) is 17.7 Å². The molecule has 0 amide bonds. The Hall–Kier alpha value is -1.65. The molecule has 0 saturated carbocycles. The van der Waals surface area contributed by atoms with Crippen LogP contribution >= 0.6 is 11.6 Å². The average Bonchev–Trinajstić information content (AvgIpc) is 2.41. The Morgan fingerprint density at radius 3 is 2.55 bits per heavy atom. The summed E-state index contributed by atoms with van der Waals surface area (Å²) >= 11 is 5.83. The van der Waals surface area contributed by atoms with Crippen LogP contribution < -0.4 is 10.5 Å². The smallest absolute Gasteiger partial charge is 0.165 e. The first-order valence-corrected chi connectivity index (χ1v) is 6.42. The highest BCUT2D eigenvalue weighted by Gasteiger charge is 2.14. The molecule has 0 fully saturated rings. The van der Waals surface area contributed by atoms with E-state index in [1.165, 1.54) is 37.4 Å². The number of hydrogen-bond acceptors (Lipinski definition) is 2. The predicted molar refractivity (Wildman–Crippen MR) is 75.0 cm³/mol. The van der Waals surface area contributed by atoms with Crippen LogP contribution in [-0.4, -0.2) is 7.11 Å². The van der Waals surface area contributed by atoms with Gasteiger partial charge in [0, 0.05) is 16.6 Å². The minimum Gasteiger partial charge on any atom is -0.494 e. The molecule has 0 heterocycles. The summed E-state index contributed by atoms with van der Waals surface area (Å²) in [6.07, 6.45) is 0.304. The van der Waals surface area contributed by atoms with Gasteiger partial charge in [-0.25, -0.2) is 8.78 Å². The van der Waals surface area contributed by atoms with Gasteiger partial charge in [0.05, 0.1) is 7.11 Å². The fourth-order valence-electron chi connectivity index (χ4n) is 2.00. The van der Waals surface area contributed by atoms with Gasteiger partial charge in [-0.2, -0.15) is 0 Å². The van der Waals surface area contributed by atoms with Gasteiger partial charge in [0.15, 0.2) is 11.6 Å². The summed E-state index contributed by atoms with van der Waals surface area (Å²) in [6.45, 7) is 0. The van der Waals surface area contributed by atoms with Crippen LogP contribution in [0.1, 0.15) is 17.2 Å². The summed E-state index contributed by atoms with van der Waals surface area (Å²) in [6, 6.07) is 8.17. The highest BCUT2D eigenvalue weighted by Crippen LogP contribution is 2.24.